The predicted octanol–water partition coefficient (Wildman–Crippen LogP) is 3.06. The van der Waals surface area contributed by atoms with Crippen molar-refractivity contribution in [2.75, 3.05) is 20.1 Å². The number of benzene rings is 1. The Morgan fingerprint density at radius 2 is 1.88 bits per heavy atom. The first kappa shape index (κ1) is 12.1. The van der Waals surface area contributed by atoms with E-state index >= 15 is 0 Å². The van der Waals surface area contributed by atoms with E-state index in [0.29, 0.717) is 6.10 Å². The maximum Gasteiger partial charge on any atom is 0.0720 e. The molecule has 0 spiro atoms. The van der Waals surface area contributed by atoms with Gasteiger partial charge in [-0.3, -0.25) is 0 Å². The van der Waals surface area contributed by atoms with Gasteiger partial charge in [0.05, 0.1) is 12.7 Å². The van der Waals surface area contributed by atoms with Crippen LogP contribution in [0.25, 0.3) is 0 Å². The first-order valence-electron chi connectivity index (χ1n) is 5.78. The second-order valence-corrected chi connectivity index (χ2v) is 5.36. The molecule has 1 fully saturated rings. The van der Waals surface area contributed by atoms with E-state index in [1.54, 1.807) is 0 Å². The Kier molecular flexibility index (Phi) is 4.38. The highest BCUT2D eigenvalue weighted by Gasteiger charge is 2.16. The lowest BCUT2D eigenvalue weighted by molar-refractivity contribution is 0.00213. The molecule has 0 amide bonds. The summed E-state index contributed by atoms with van der Waals surface area (Å²) in [5, 5.41) is 0. The van der Waals surface area contributed by atoms with Crippen molar-refractivity contribution in [1.82, 2.24) is 4.90 Å². The summed E-state index contributed by atoms with van der Waals surface area (Å²) >= 11 is 3.43. The molecular formula is C13H18BrNO. The van der Waals surface area contributed by atoms with Gasteiger partial charge in [-0.2, -0.15) is 0 Å². The summed E-state index contributed by atoms with van der Waals surface area (Å²) in [5.41, 5.74) is 1.25. The number of likely N-dealkylation sites (tertiary alicyclic amines) is 1. The van der Waals surface area contributed by atoms with Crippen LogP contribution in [0.4, 0.5) is 0 Å². The third-order valence-electron chi connectivity index (χ3n) is 3.06. The van der Waals surface area contributed by atoms with Crippen LogP contribution in [0, 0.1) is 0 Å². The van der Waals surface area contributed by atoms with Crippen LogP contribution in [0.1, 0.15) is 18.4 Å². The fourth-order valence-electron chi connectivity index (χ4n) is 1.95. The van der Waals surface area contributed by atoms with Gasteiger partial charge in [-0.15, -0.1) is 0 Å². The van der Waals surface area contributed by atoms with Gasteiger partial charge in [0.1, 0.15) is 0 Å². The van der Waals surface area contributed by atoms with Gasteiger partial charge >= 0.3 is 0 Å². The lowest BCUT2D eigenvalue weighted by Gasteiger charge is -2.28. The highest BCUT2D eigenvalue weighted by Crippen LogP contribution is 2.16. The molecule has 16 heavy (non-hydrogen) atoms. The van der Waals surface area contributed by atoms with Gasteiger partial charge in [-0.25, -0.2) is 0 Å². The molecule has 0 saturated carbocycles. The van der Waals surface area contributed by atoms with Crippen LogP contribution in [0.5, 0.6) is 0 Å². The normalized spacial score (nSPS) is 18.9. The van der Waals surface area contributed by atoms with E-state index in [4.69, 9.17) is 4.74 Å². The van der Waals surface area contributed by atoms with Crippen LogP contribution >= 0.6 is 15.9 Å². The highest BCUT2D eigenvalue weighted by atomic mass is 79.9. The van der Waals surface area contributed by atoms with E-state index in [1.807, 2.05) is 0 Å². The zero-order valence-corrected chi connectivity index (χ0v) is 11.2. The Hall–Kier alpha value is -0.380. The average Bonchev–Trinajstić information content (AvgIpc) is 2.30. The first-order valence-corrected chi connectivity index (χ1v) is 6.58. The zero-order valence-electron chi connectivity index (χ0n) is 9.66. The Morgan fingerprint density at radius 1 is 1.25 bits per heavy atom. The molecule has 0 atom stereocenters. The summed E-state index contributed by atoms with van der Waals surface area (Å²) < 4.78 is 7.04. The molecule has 2 rings (SSSR count). The summed E-state index contributed by atoms with van der Waals surface area (Å²) in [6, 6.07) is 8.35. The van der Waals surface area contributed by atoms with E-state index in [2.05, 4.69) is 52.1 Å². The lowest BCUT2D eigenvalue weighted by atomic mass is 10.1. The van der Waals surface area contributed by atoms with E-state index < -0.39 is 0 Å². The lowest BCUT2D eigenvalue weighted by Crippen LogP contribution is -2.34. The smallest absolute Gasteiger partial charge is 0.0720 e. The number of hydrogen-bond acceptors (Lipinski definition) is 2. The molecule has 0 radical (unpaired) electrons. The van der Waals surface area contributed by atoms with Gasteiger partial charge < -0.3 is 9.64 Å². The molecule has 0 bridgehead atoms. The standard InChI is InChI=1S/C13H18BrNO/c1-15-8-6-13(7-9-15)16-10-11-2-4-12(14)5-3-11/h2-5,13H,6-10H2,1H3. The molecule has 1 aliphatic rings. The van der Waals surface area contributed by atoms with Gasteiger partial charge in [0.2, 0.25) is 0 Å². The van der Waals surface area contributed by atoms with E-state index in [9.17, 15) is 0 Å². The van der Waals surface area contributed by atoms with Gasteiger partial charge in [0.15, 0.2) is 0 Å². The number of rotatable bonds is 3. The molecule has 3 heteroatoms. The summed E-state index contributed by atoms with van der Waals surface area (Å²) in [6.07, 6.45) is 2.76. The molecule has 2 nitrogen and oxygen atoms in total. The molecule has 1 aliphatic heterocycles. The number of hydrogen-bond donors (Lipinski definition) is 0. The van der Waals surface area contributed by atoms with Gasteiger partial charge in [0.25, 0.3) is 0 Å². The number of nitrogens with zero attached hydrogens (tertiary/aromatic N) is 1. The molecule has 1 aromatic carbocycles. The van der Waals surface area contributed by atoms with Gasteiger partial charge in [-0.1, -0.05) is 28.1 Å². The molecule has 1 heterocycles. The minimum absolute atomic E-state index is 0.444. The molecule has 0 unspecified atom stereocenters. The van der Waals surface area contributed by atoms with Crippen molar-refractivity contribution < 1.29 is 4.74 Å². The Balaban J connectivity index is 1.77. The fraction of sp³-hybridized carbons (Fsp3) is 0.538. The molecule has 88 valence electrons. The van der Waals surface area contributed by atoms with Crippen molar-refractivity contribution in [3.63, 3.8) is 0 Å². The Labute approximate surface area is 106 Å². The zero-order chi connectivity index (χ0) is 11.4. The largest absolute Gasteiger partial charge is 0.373 e. The second-order valence-electron chi connectivity index (χ2n) is 4.44. The first-order chi connectivity index (χ1) is 7.74. The van der Waals surface area contributed by atoms with Crippen LogP contribution in [0.3, 0.4) is 0 Å². The number of halogens is 1. The SMILES string of the molecule is CN1CCC(OCc2ccc(Br)cc2)CC1. The van der Waals surface area contributed by atoms with Crippen molar-refractivity contribution in [1.29, 1.82) is 0 Å². The average molecular weight is 284 g/mol. The minimum atomic E-state index is 0.444. The van der Waals surface area contributed by atoms with Crippen molar-refractivity contribution >= 4 is 15.9 Å². The van der Waals surface area contributed by atoms with E-state index in [-0.39, 0.29) is 0 Å². The minimum Gasteiger partial charge on any atom is -0.373 e. The molecule has 0 aromatic heterocycles. The van der Waals surface area contributed by atoms with Crippen LogP contribution < -0.4 is 0 Å². The highest BCUT2D eigenvalue weighted by molar-refractivity contribution is 9.10. The van der Waals surface area contributed by atoms with Crippen molar-refractivity contribution in [3.05, 3.63) is 34.3 Å². The van der Waals surface area contributed by atoms with Crippen LogP contribution in [0.15, 0.2) is 28.7 Å². The summed E-state index contributed by atoms with van der Waals surface area (Å²) in [7, 11) is 2.17. The fourth-order valence-corrected chi connectivity index (χ4v) is 2.21. The third-order valence-corrected chi connectivity index (χ3v) is 3.59. The van der Waals surface area contributed by atoms with E-state index in [1.165, 1.54) is 5.56 Å². The van der Waals surface area contributed by atoms with Crippen molar-refractivity contribution in [2.45, 2.75) is 25.6 Å². The van der Waals surface area contributed by atoms with Crippen molar-refractivity contribution in [2.24, 2.45) is 0 Å². The summed E-state index contributed by atoms with van der Waals surface area (Å²) in [6.45, 7) is 3.05. The maximum atomic E-state index is 5.92. The Morgan fingerprint density at radius 3 is 2.50 bits per heavy atom. The van der Waals surface area contributed by atoms with Crippen LogP contribution in [0.2, 0.25) is 0 Å². The molecule has 0 aliphatic carbocycles. The van der Waals surface area contributed by atoms with Crippen LogP contribution in [-0.2, 0) is 11.3 Å². The van der Waals surface area contributed by atoms with Gasteiger partial charge in [-0.05, 0) is 37.6 Å². The molecule has 0 N–H and O–H groups in total. The predicted molar refractivity (Wildman–Crippen MR) is 69.5 cm³/mol. The monoisotopic (exact) mass is 283 g/mol. The Bertz CT molecular complexity index is 317. The second kappa shape index (κ2) is 5.80. The van der Waals surface area contributed by atoms with Gasteiger partial charge in [0, 0.05) is 17.6 Å². The van der Waals surface area contributed by atoms with Crippen LogP contribution in [-0.4, -0.2) is 31.1 Å². The number of piperidine rings is 1. The number of ether oxygens (including phenoxy) is 1. The molecule has 1 saturated heterocycles. The molecular weight excluding hydrogens is 266 g/mol. The topological polar surface area (TPSA) is 12.5 Å². The quantitative estimate of drug-likeness (QED) is 0.846. The molecule has 1 aromatic rings. The summed E-state index contributed by atoms with van der Waals surface area (Å²) in [5.74, 6) is 0. The third kappa shape index (κ3) is 3.58. The van der Waals surface area contributed by atoms with E-state index in [0.717, 1.165) is 37.0 Å². The summed E-state index contributed by atoms with van der Waals surface area (Å²) in [4.78, 5) is 2.36. The maximum absolute atomic E-state index is 5.92. The van der Waals surface area contributed by atoms with Crippen molar-refractivity contribution in [3.8, 4) is 0 Å².